The molecule has 0 aliphatic rings. The van der Waals surface area contributed by atoms with Crippen molar-refractivity contribution in [3.8, 4) is 5.75 Å². The molecule has 0 amide bonds. The van der Waals surface area contributed by atoms with Crippen LogP contribution in [0, 0.1) is 0 Å². The van der Waals surface area contributed by atoms with Gasteiger partial charge in [0, 0.05) is 12.5 Å². The van der Waals surface area contributed by atoms with E-state index in [-0.39, 0.29) is 16.2 Å². The van der Waals surface area contributed by atoms with Crippen molar-refractivity contribution in [1.29, 1.82) is 0 Å². The average molecular weight is 339 g/mol. The molecule has 0 spiro atoms. The van der Waals surface area contributed by atoms with Crippen LogP contribution in [-0.4, -0.2) is 32.6 Å². The summed E-state index contributed by atoms with van der Waals surface area (Å²) in [5.74, 6) is -0.526. The van der Waals surface area contributed by atoms with E-state index in [2.05, 4.69) is 4.72 Å². The molecule has 0 saturated heterocycles. The fourth-order valence-electron chi connectivity index (χ4n) is 2.12. The Hall–Kier alpha value is -2.32. The molecule has 0 aliphatic carbocycles. The molecule has 0 radical (unpaired) electrons. The van der Waals surface area contributed by atoms with Gasteiger partial charge in [-0.3, -0.25) is 0 Å². The van der Waals surface area contributed by atoms with E-state index in [1.807, 2.05) is 0 Å². The Morgan fingerprint density at radius 3 is 2.70 bits per heavy atom. The number of nitrogens with one attached hydrogen (secondary N) is 1. The van der Waals surface area contributed by atoms with Crippen molar-refractivity contribution in [2.75, 3.05) is 7.11 Å². The molecule has 1 heterocycles. The first-order chi connectivity index (χ1) is 10.8. The number of aromatic carboxylic acids is 1. The van der Waals surface area contributed by atoms with Crippen molar-refractivity contribution < 1.29 is 27.5 Å². The van der Waals surface area contributed by atoms with Crippen LogP contribution in [0.25, 0.3) is 0 Å². The molecular weight excluding hydrogens is 322 g/mol. The van der Waals surface area contributed by atoms with Crippen LogP contribution in [0.5, 0.6) is 5.75 Å². The van der Waals surface area contributed by atoms with Crippen LogP contribution in [0.2, 0.25) is 0 Å². The van der Waals surface area contributed by atoms with Gasteiger partial charge in [-0.15, -0.1) is 0 Å². The van der Waals surface area contributed by atoms with Crippen molar-refractivity contribution in [1.82, 2.24) is 4.72 Å². The van der Waals surface area contributed by atoms with Crippen molar-refractivity contribution in [2.24, 2.45) is 0 Å². The van der Waals surface area contributed by atoms with Crippen LogP contribution < -0.4 is 9.46 Å². The van der Waals surface area contributed by atoms with Gasteiger partial charge in [-0.25, -0.2) is 17.9 Å². The first-order valence-corrected chi connectivity index (χ1v) is 8.28. The third-order valence-corrected chi connectivity index (χ3v) is 4.77. The zero-order valence-electron chi connectivity index (χ0n) is 12.6. The lowest BCUT2D eigenvalue weighted by atomic mass is 10.2. The molecule has 1 aromatic carbocycles. The Balaban J connectivity index is 2.23. The van der Waals surface area contributed by atoms with Gasteiger partial charge in [0.2, 0.25) is 10.0 Å². The number of hydrogen-bond acceptors (Lipinski definition) is 5. The van der Waals surface area contributed by atoms with Crippen molar-refractivity contribution in [3.05, 3.63) is 47.9 Å². The first-order valence-electron chi connectivity index (χ1n) is 6.79. The Bertz CT molecular complexity index is 782. The lowest BCUT2D eigenvalue weighted by Gasteiger charge is -2.15. The lowest BCUT2D eigenvalue weighted by Crippen LogP contribution is -2.34. The summed E-state index contributed by atoms with van der Waals surface area (Å²) in [6.45, 7) is 1.71. The minimum atomic E-state index is -3.86. The summed E-state index contributed by atoms with van der Waals surface area (Å²) in [7, 11) is -2.57. The van der Waals surface area contributed by atoms with Crippen LogP contribution in [0.1, 0.15) is 23.0 Å². The topological polar surface area (TPSA) is 106 Å². The summed E-state index contributed by atoms with van der Waals surface area (Å²) in [6, 6.07) is 6.68. The smallest absolute Gasteiger partial charge is 0.335 e. The Labute approximate surface area is 133 Å². The van der Waals surface area contributed by atoms with Crippen LogP contribution in [0.4, 0.5) is 0 Å². The van der Waals surface area contributed by atoms with Crippen LogP contribution in [0.3, 0.4) is 0 Å². The van der Waals surface area contributed by atoms with E-state index in [1.54, 1.807) is 19.1 Å². The van der Waals surface area contributed by atoms with Crippen LogP contribution >= 0.6 is 0 Å². The number of rotatable bonds is 7. The summed E-state index contributed by atoms with van der Waals surface area (Å²) in [5.41, 5.74) is -0.0514. The minimum Gasteiger partial charge on any atom is -0.495 e. The Kier molecular flexibility index (Phi) is 5.07. The van der Waals surface area contributed by atoms with Gasteiger partial charge < -0.3 is 14.3 Å². The van der Waals surface area contributed by atoms with Gasteiger partial charge in [-0.05, 0) is 37.3 Å². The number of furan rings is 1. The molecule has 124 valence electrons. The van der Waals surface area contributed by atoms with E-state index in [4.69, 9.17) is 14.3 Å². The number of hydrogen-bond donors (Lipinski definition) is 2. The highest BCUT2D eigenvalue weighted by atomic mass is 32.2. The number of sulfonamides is 1. The van der Waals surface area contributed by atoms with Crippen LogP contribution in [0.15, 0.2) is 45.9 Å². The maximum atomic E-state index is 12.5. The maximum Gasteiger partial charge on any atom is 0.335 e. The molecule has 0 aliphatic heterocycles. The van der Waals surface area contributed by atoms with Gasteiger partial charge in [0.05, 0.1) is 18.9 Å². The first kappa shape index (κ1) is 17.0. The molecule has 0 bridgehead atoms. The SMILES string of the molecule is COc1cc(C(=O)O)ccc1S(=O)(=O)NC(C)Cc1ccco1. The normalized spacial score (nSPS) is 12.8. The molecule has 7 nitrogen and oxygen atoms in total. The molecule has 8 heteroatoms. The largest absolute Gasteiger partial charge is 0.495 e. The van der Waals surface area contributed by atoms with Gasteiger partial charge in [-0.2, -0.15) is 0 Å². The third-order valence-electron chi connectivity index (χ3n) is 3.14. The van der Waals surface area contributed by atoms with Gasteiger partial charge in [0.1, 0.15) is 16.4 Å². The fraction of sp³-hybridized carbons (Fsp3) is 0.267. The zero-order chi connectivity index (χ0) is 17.0. The van der Waals surface area contributed by atoms with E-state index in [0.717, 1.165) is 0 Å². The molecule has 23 heavy (non-hydrogen) atoms. The quantitative estimate of drug-likeness (QED) is 0.798. The summed E-state index contributed by atoms with van der Waals surface area (Å²) in [6.07, 6.45) is 1.91. The average Bonchev–Trinajstić information content (AvgIpc) is 2.98. The van der Waals surface area contributed by atoms with Gasteiger partial charge in [0.15, 0.2) is 0 Å². The number of carboxylic acids is 1. The van der Waals surface area contributed by atoms with Crippen molar-refractivity contribution in [2.45, 2.75) is 24.3 Å². The predicted molar refractivity (Wildman–Crippen MR) is 82.1 cm³/mol. The highest BCUT2D eigenvalue weighted by Gasteiger charge is 2.23. The summed E-state index contributed by atoms with van der Waals surface area (Å²) in [5, 5.41) is 8.96. The molecule has 1 aromatic heterocycles. The number of carboxylic acid groups (broad SMARTS) is 1. The molecule has 1 atom stereocenters. The molecule has 0 saturated carbocycles. The summed E-state index contributed by atoms with van der Waals surface area (Å²) < 4.78 is 37.6. The molecule has 0 fully saturated rings. The number of carbonyl (C=O) groups is 1. The minimum absolute atomic E-state index is 0.0254. The highest BCUT2D eigenvalue weighted by molar-refractivity contribution is 7.89. The fourth-order valence-corrected chi connectivity index (χ4v) is 3.52. The lowest BCUT2D eigenvalue weighted by molar-refractivity contribution is 0.0696. The predicted octanol–water partition coefficient (Wildman–Crippen LogP) is 1.90. The van der Waals surface area contributed by atoms with E-state index < -0.39 is 22.0 Å². The Morgan fingerprint density at radius 2 is 2.13 bits per heavy atom. The zero-order valence-corrected chi connectivity index (χ0v) is 13.5. The second-order valence-electron chi connectivity index (χ2n) is 4.98. The van der Waals surface area contributed by atoms with E-state index in [0.29, 0.717) is 12.2 Å². The second-order valence-corrected chi connectivity index (χ2v) is 6.66. The number of benzene rings is 1. The van der Waals surface area contributed by atoms with Crippen LogP contribution in [-0.2, 0) is 16.4 Å². The second kappa shape index (κ2) is 6.84. The Morgan fingerprint density at radius 1 is 1.39 bits per heavy atom. The number of ether oxygens (including phenoxy) is 1. The molecule has 2 aromatic rings. The van der Waals surface area contributed by atoms with Crippen molar-refractivity contribution in [3.63, 3.8) is 0 Å². The number of methoxy groups -OCH3 is 1. The summed E-state index contributed by atoms with van der Waals surface area (Å²) in [4.78, 5) is 10.8. The van der Waals surface area contributed by atoms with Gasteiger partial charge >= 0.3 is 5.97 Å². The van der Waals surface area contributed by atoms with Gasteiger partial charge in [0.25, 0.3) is 0 Å². The third kappa shape index (κ3) is 4.11. The molecule has 2 rings (SSSR count). The van der Waals surface area contributed by atoms with Crippen molar-refractivity contribution >= 4 is 16.0 Å². The monoisotopic (exact) mass is 339 g/mol. The highest BCUT2D eigenvalue weighted by Crippen LogP contribution is 2.25. The molecular formula is C15H17NO6S. The molecule has 1 unspecified atom stereocenters. The van der Waals surface area contributed by atoms with E-state index in [1.165, 1.54) is 31.6 Å². The van der Waals surface area contributed by atoms with Gasteiger partial charge in [-0.1, -0.05) is 0 Å². The van der Waals surface area contributed by atoms with E-state index >= 15 is 0 Å². The van der Waals surface area contributed by atoms with E-state index in [9.17, 15) is 13.2 Å². The summed E-state index contributed by atoms with van der Waals surface area (Å²) >= 11 is 0. The maximum absolute atomic E-state index is 12.5. The molecule has 2 N–H and O–H groups in total. The standard InChI is InChI=1S/C15H17NO6S/c1-10(8-12-4-3-7-22-12)16-23(19,20)14-6-5-11(15(17)18)9-13(14)21-2/h3-7,9-10,16H,8H2,1-2H3,(H,17,18).